The summed E-state index contributed by atoms with van der Waals surface area (Å²) in [5.41, 5.74) is 0. The molecular formula is C16H28O2. The number of hydrogen-bond donors (Lipinski definition) is 0. The maximum Gasteiger partial charge on any atom is 0.335 e. The van der Waals surface area contributed by atoms with Crippen molar-refractivity contribution in [3.05, 3.63) is 25.0 Å². The molecule has 104 valence electrons. The molecule has 0 saturated carbocycles. The van der Waals surface area contributed by atoms with Crippen LogP contribution in [0, 0.1) is 0 Å². The largest absolute Gasteiger partial charge is 0.432 e. The number of allylic oxidation sites excluding steroid dienone is 1. The summed E-state index contributed by atoms with van der Waals surface area (Å²) in [4.78, 5) is 10.9. The van der Waals surface area contributed by atoms with Gasteiger partial charge in [0.1, 0.15) is 0 Å². The van der Waals surface area contributed by atoms with Crippen LogP contribution in [0.3, 0.4) is 0 Å². The second-order valence-corrected chi connectivity index (χ2v) is 4.62. The van der Waals surface area contributed by atoms with E-state index in [1.54, 1.807) is 0 Å². The summed E-state index contributed by atoms with van der Waals surface area (Å²) in [6, 6.07) is 0. The van der Waals surface area contributed by atoms with Gasteiger partial charge in [0.05, 0.1) is 6.26 Å². The third-order valence-corrected chi connectivity index (χ3v) is 2.93. The van der Waals surface area contributed by atoms with Crippen LogP contribution >= 0.6 is 0 Å². The van der Waals surface area contributed by atoms with Crippen molar-refractivity contribution in [3.8, 4) is 0 Å². The van der Waals surface area contributed by atoms with Crippen LogP contribution in [0.15, 0.2) is 25.0 Å². The molecule has 0 amide bonds. The molecule has 0 radical (unpaired) electrons. The fourth-order valence-corrected chi connectivity index (χ4v) is 1.87. The van der Waals surface area contributed by atoms with Gasteiger partial charge in [0.15, 0.2) is 0 Å². The molecule has 2 nitrogen and oxygen atoms in total. The Labute approximate surface area is 112 Å². The Morgan fingerprint density at radius 1 is 1.00 bits per heavy atom. The van der Waals surface area contributed by atoms with Crippen molar-refractivity contribution in [3.63, 3.8) is 0 Å². The molecule has 0 spiro atoms. The summed E-state index contributed by atoms with van der Waals surface area (Å²) in [7, 11) is 0. The molecule has 0 N–H and O–H groups in total. The summed E-state index contributed by atoms with van der Waals surface area (Å²) < 4.78 is 4.57. The molecule has 0 atom stereocenters. The van der Waals surface area contributed by atoms with Gasteiger partial charge in [0, 0.05) is 6.08 Å². The Hall–Kier alpha value is -1.05. The van der Waals surface area contributed by atoms with Gasteiger partial charge in [0.2, 0.25) is 0 Å². The van der Waals surface area contributed by atoms with Crippen molar-refractivity contribution >= 4 is 5.97 Å². The molecule has 18 heavy (non-hydrogen) atoms. The van der Waals surface area contributed by atoms with Crippen LogP contribution in [0.4, 0.5) is 0 Å². The van der Waals surface area contributed by atoms with E-state index < -0.39 is 0 Å². The predicted molar refractivity (Wildman–Crippen MR) is 77.3 cm³/mol. The first-order valence-corrected chi connectivity index (χ1v) is 7.29. The zero-order valence-corrected chi connectivity index (χ0v) is 11.8. The smallest absolute Gasteiger partial charge is 0.335 e. The van der Waals surface area contributed by atoms with Crippen LogP contribution in [0.5, 0.6) is 0 Å². The highest BCUT2D eigenvalue weighted by Crippen LogP contribution is 2.10. The van der Waals surface area contributed by atoms with Gasteiger partial charge in [0.25, 0.3) is 0 Å². The minimum Gasteiger partial charge on any atom is -0.432 e. The van der Waals surface area contributed by atoms with Crippen LogP contribution in [-0.2, 0) is 9.53 Å². The number of rotatable bonds is 12. The highest BCUT2D eigenvalue weighted by Gasteiger charge is 1.93. The topological polar surface area (TPSA) is 26.3 Å². The van der Waals surface area contributed by atoms with Gasteiger partial charge in [-0.05, 0) is 12.8 Å². The molecule has 0 aliphatic rings. The monoisotopic (exact) mass is 252 g/mol. The lowest BCUT2D eigenvalue weighted by Crippen LogP contribution is -1.92. The molecule has 0 aliphatic heterocycles. The van der Waals surface area contributed by atoms with Crippen LogP contribution in [0.25, 0.3) is 0 Å². The van der Waals surface area contributed by atoms with Crippen LogP contribution < -0.4 is 0 Å². The molecule has 0 unspecified atom stereocenters. The molecule has 0 fully saturated rings. The zero-order chi connectivity index (χ0) is 13.5. The van der Waals surface area contributed by atoms with E-state index in [1.807, 2.05) is 6.08 Å². The lowest BCUT2D eigenvalue weighted by atomic mass is 10.1. The second kappa shape index (κ2) is 14.0. The van der Waals surface area contributed by atoms with E-state index in [9.17, 15) is 4.79 Å². The number of unbranched alkanes of at least 4 members (excludes halogenated alkanes) is 9. The fraction of sp³-hybridized carbons (Fsp3) is 0.688. The summed E-state index contributed by atoms with van der Waals surface area (Å²) in [5.74, 6) is -0.332. The first-order chi connectivity index (χ1) is 8.81. The molecule has 0 saturated heterocycles. The van der Waals surface area contributed by atoms with E-state index in [4.69, 9.17) is 0 Å². The van der Waals surface area contributed by atoms with Gasteiger partial charge in [-0.15, -0.1) is 0 Å². The normalized spacial score (nSPS) is 10.7. The molecular weight excluding hydrogens is 224 g/mol. The van der Waals surface area contributed by atoms with E-state index in [2.05, 4.69) is 18.2 Å². The van der Waals surface area contributed by atoms with Gasteiger partial charge >= 0.3 is 5.97 Å². The Morgan fingerprint density at radius 2 is 1.56 bits per heavy atom. The molecule has 0 heterocycles. The van der Waals surface area contributed by atoms with Gasteiger partial charge in [-0.3, -0.25) is 0 Å². The molecule has 0 aliphatic carbocycles. The Morgan fingerprint density at radius 3 is 2.11 bits per heavy atom. The number of hydrogen-bond acceptors (Lipinski definition) is 2. The SMILES string of the molecule is C=COC(=O)C=CCCCCCCCCCCC. The Bertz CT molecular complexity index is 231. The van der Waals surface area contributed by atoms with Crippen LogP contribution in [0.1, 0.15) is 71.1 Å². The third kappa shape index (κ3) is 13.0. The van der Waals surface area contributed by atoms with E-state index >= 15 is 0 Å². The molecule has 0 aromatic carbocycles. The summed E-state index contributed by atoms with van der Waals surface area (Å²) in [6.45, 7) is 5.58. The molecule has 0 rings (SSSR count). The number of ether oxygens (including phenoxy) is 1. The van der Waals surface area contributed by atoms with Crippen molar-refractivity contribution < 1.29 is 9.53 Å². The average molecular weight is 252 g/mol. The highest BCUT2D eigenvalue weighted by molar-refractivity contribution is 5.82. The van der Waals surface area contributed by atoms with Crippen LogP contribution in [-0.4, -0.2) is 5.97 Å². The average Bonchev–Trinajstić information content (AvgIpc) is 2.36. The maximum absolute atomic E-state index is 10.9. The number of carbonyl (C=O) groups is 1. The van der Waals surface area contributed by atoms with Gasteiger partial charge in [-0.1, -0.05) is 70.9 Å². The van der Waals surface area contributed by atoms with E-state index in [-0.39, 0.29) is 5.97 Å². The summed E-state index contributed by atoms with van der Waals surface area (Å²) in [6.07, 6.45) is 17.4. The fourth-order valence-electron chi connectivity index (χ4n) is 1.87. The molecule has 2 heteroatoms. The second-order valence-electron chi connectivity index (χ2n) is 4.62. The van der Waals surface area contributed by atoms with Crippen molar-refractivity contribution in [2.75, 3.05) is 0 Å². The number of carbonyl (C=O) groups excluding carboxylic acids is 1. The molecule has 0 bridgehead atoms. The van der Waals surface area contributed by atoms with Crippen molar-refractivity contribution in [1.82, 2.24) is 0 Å². The quantitative estimate of drug-likeness (QED) is 0.208. The zero-order valence-electron chi connectivity index (χ0n) is 11.8. The molecule has 0 aromatic rings. The first-order valence-electron chi connectivity index (χ1n) is 7.29. The standard InChI is InChI=1S/C16H28O2/c1-3-5-6-7-8-9-10-11-12-13-14-15-16(17)18-4-2/h4,14-15H,2-3,5-13H2,1H3. The van der Waals surface area contributed by atoms with Gasteiger partial charge < -0.3 is 4.74 Å². The summed E-state index contributed by atoms with van der Waals surface area (Å²) in [5, 5.41) is 0. The van der Waals surface area contributed by atoms with E-state index in [1.165, 1.54) is 57.4 Å². The van der Waals surface area contributed by atoms with E-state index in [0.29, 0.717) is 0 Å². The Kier molecular flexibility index (Phi) is 13.2. The number of esters is 1. The lowest BCUT2D eigenvalue weighted by molar-refractivity contribution is -0.132. The van der Waals surface area contributed by atoms with Crippen LogP contribution in [0.2, 0.25) is 0 Å². The molecule has 0 aromatic heterocycles. The maximum atomic E-state index is 10.9. The lowest BCUT2D eigenvalue weighted by Gasteiger charge is -2.00. The van der Waals surface area contributed by atoms with Crippen molar-refractivity contribution in [2.45, 2.75) is 71.1 Å². The van der Waals surface area contributed by atoms with E-state index in [0.717, 1.165) is 19.1 Å². The predicted octanol–water partition coefficient (Wildman–Crippen LogP) is 5.15. The van der Waals surface area contributed by atoms with Gasteiger partial charge in [-0.25, -0.2) is 4.79 Å². The van der Waals surface area contributed by atoms with Crippen molar-refractivity contribution in [2.24, 2.45) is 0 Å². The third-order valence-electron chi connectivity index (χ3n) is 2.93. The minimum atomic E-state index is -0.332. The highest BCUT2D eigenvalue weighted by atomic mass is 16.5. The minimum absolute atomic E-state index is 0.332. The Balaban J connectivity index is 3.16. The summed E-state index contributed by atoms with van der Waals surface area (Å²) >= 11 is 0. The van der Waals surface area contributed by atoms with Gasteiger partial charge in [-0.2, -0.15) is 0 Å². The van der Waals surface area contributed by atoms with Crippen molar-refractivity contribution in [1.29, 1.82) is 0 Å². The first kappa shape index (κ1) is 16.9.